The van der Waals surface area contributed by atoms with Crippen LogP contribution in [0.3, 0.4) is 0 Å². The molecule has 0 aliphatic rings. The molecule has 0 heterocycles. The second-order valence-corrected chi connectivity index (χ2v) is 10.2. The van der Waals surface area contributed by atoms with E-state index in [-0.39, 0.29) is 25.0 Å². The highest BCUT2D eigenvalue weighted by molar-refractivity contribution is 7.85. The number of carboxylic acids is 4. The number of carboxylic acid groups (broad SMARTS) is 4. The zero-order valence-electron chi connectivity index (χ0n) is 22.3. The maximum absolute atomic E-state index is 11.6. The Morgan fingerprint density at radius 1 is 0.674 bits per heavy atom. The number of nitrogens with one attached hydrogen (secondary N) is 4. The van der Waals surface area contributed by atoms with E-state index in [1.165, 1.54) is 0 Å². The molecule has 0 bridgehead atoms. The van der Waals surface area contributed by atoms with Gasteiger partial charge in [0.1, 0.15) is 43.0 Å². The van der Waals surface area contributed by atoms with Gasteiger partial charge in [-0.2, -0.15) is 21.0 Å². The Morgan fingerprint density at radius 3 is 1.33 bits per heavy atom. The number of carbonyl (C=O) groups excluding carboxylic acids is 4. The van der Waals surface area contributed by atoms with E-state index in [1.807, 2.05) is 10.6 Å². The molecule has 0 spiro atoms. The summed E-state index contributed by atoms with van der Waals surface area (Å²) >= 11 is 3.87. The third kappa shape index (κ3) is 22.2. The quantitative estimate of drug-likeness (QED) is 0.0453. The summed E-state index contributed by atoms with van der Waals surface area (Å²) in [5, 5.41) is 42.1. The standard InChI is InChI=1S/C10H17N3O9S.C10H17N3O6S/c11-5(10(18)19)1-2-7(14)13-6(4-23(20,21)22)9(17)12-3-8(15)16;11-5(10(18)19)1-2-7(14)13-6(4-20)9(17)12-3-8(15)16/h5-6H,1-4,11H2,(H,12,17)(H,13,14)(H,15,16)(H,18,19)(H,20,21,22);5-6,20H,1-4,11H2,(H,12,17)(H,13,14)(H,15,16)(H,18,19)/t2*5-,6-/m00/s1. The molecular formula is C20H34N6O15S2. The van der Waals surface area contributed by atoms with Gasteiger partial charge < -0.3 is 53.2 Å². The minimum Gasteiger partial charge on any atom is -0.480 e. The molecule has 0 unspecified atom stereocenters. The lowest BCUT2D eigenvalue weighted by Crippen LogP contribution is -2.51. The molecule has 0 aliphatic heterocycles. The average Bonchev–Trinajstić information content (AvgIpc) is 2.89. The van der Waals surface area contributed by atoms with Gasteiger partial charge in [-0.25, -0.2) is 0 Å². The first kappa shape index (κ1) is 41.1. The first-order valence-corrected chi connectivity index (χ1v) is 14.0. The number of nitrogens with two attached hydrogens (primary N) is 2. The van der Waals surface area contributed by atoms with Crippen molar-refractivity contribution >= 4 is 70.3 Å². The van der Waals surface area contributed by atoms with Crippen LogP contribution in [0, 0.1) is 0 Å². The van der Waals surface area contributed by atoms with Crippen LogP contribution in [0.2, 0.25) is 0 Å². The van der Waals surface area contributed by atoms with Crippen molar-refractivity contribution in [1.82, 2.24) is 21.3 Å². The summed E-state index contributed by atoms with van der Waals surface area (Å²) in [4.78, 5) is 87.8. The van der Waals surface area contributed by atoms with Crippen molar-refractivity contribution in [2.45, 2.75) is 49.9 Å². The Hall–Kier alpha value is -4.06. The number of aliphatic carboxylic acids is 4. The van der Waals surface area contributed by atoms with Crippen LogP contribution in [-0.4, -0.2) is 130 Å². The van der Waals surface area contributed by atoms with Crippen molar-refractivity contribution < 1.29 is 71.8 Å². The first-order chi connectivity index (χ1) is 19.7. The minimum atomic E-state index is -4.64. The summed E-state index contributed by atoms with van der Waals surface area (Å²) in [6.07, 6.45) is -0.917. The Balaban J connectivity index is 0. The number of amides is 4. The summed E-state index contributed by atoms with van der Waals surface area (Å²) < 4.78 is 30.4. The SMILES string of the molecule is N[C@@H](CCC(=O)N[C@@H](CS(=O)(=O)O)C(=O)NCC(=O)O)C(=O)O.N[C@@H](CCC(=O)N[C@@H](CS)C(=O)NCC(=O)O)C(=O)O. The number of hydrogen-bond acceptors (Lipinski definition) is 13. The molecule has 0 aromatic carbocycles. The van der Waals surface area contributed by atoms with Crippen LogP contribution in [0.25, 0.3) is 0 Å². The molecule has 246 valence electrons. The first-order valence-electron chi connectivity index (χ1n) is 11.8. The van der Waals surface area contributed by atoms with Gasteiger partial charge in [-0.3, -0.25) is 42.9 Å². The van der Waals surface area contributed by atoms with Crippen LogP contribution in [0.1, 0.15) is 25.7 Å². The lowest BCUT2D eigenvalue weighted by molar-refractivity contribution is -0.140. The Morgan fingerprint density at radius 2 is 1.02 bits per heavy atom. The predicted molar refractivity (Wildman–Crippen MR) is 145 cm³/mol. The summed E-state index contributed by atoms with van der Waals surface area (Å²) in [6, 6.07) is -5.21. The lowest BCUT2D eigenvalue weighted by Gasteiger charge is -2.17. The summed E-state index contributed by atoms with van der Waals surface area (Å²) in [5.41, 5.74) is 10.4. The van der Waals surface area contributed by atoms with Crippen LogP contribution in [0.5, 0.6) is 0 Å². The zero-order chi connectivity index (χ0) is 33.9. The monoisotopic (exact) mass is 662 g/mol. The minimum absolute atomic E-state index is 0.0256. The second-order valence-electron chi connectivity index (χ2n) is 8.36. The highest BCUT2D eigenvalue weighted by atomic mass is 32.2. The Labute approximate surface area is 249 Å². The molecule has 21 nitrogen and oxygen atoms in total. The highest BCUT2D eigenvalue weighted by Crippen LogP contribution is 1.99. The van der Waals surface area contributed by atoms with Crippen molar-refractivity contribution in [3.63, 3.8) is 0 Å². The van der Waals surface area contributed by atoms with E-state index >= 15 is 0 Å². The number of thiol groups is 1. The van der Waals surface area contributed by atoms with Crippen molar-refractivity contribution in [2.75, 3.05) is 24.6 Å². The largest absolute Gasteiger partial charge is 0.480 e. The summed E-state index contributed by atoms with van der Waals surface area (Å²) in [5.74, 6) is -9.64. The molecule has 0 fully saturated rings. The van der Waals surface area contributed by atoms with Gasteiger partial charge in [0, 0.05) is 18.6 Å². The molecule has 4 amide bonds. The third-order valence-corrected chi connectivity index (χ3v) is 5.81. The summed E-state index contributed by atoms with van der Waals surface area (Å²) in [7, 11) is -4.64. The maximum Gasteiger partial charge on any atom is 0.322 e. The number of rotatable bonds is 19. The zero-order valence-corrected chi connectivity index (χ0v) is 24.0. The molecule has 4 atom stereocenters. The molecule has 0 saturated heterocycles. The van der Waals surface area contributed by atoms with Gasteiger partial charge in [-0.15, -0.1) is 0 Å². The molecule has 0 radical (unpaired) electrons. The fourth-order valence-corrected chi connectivity index (χ4v) is 3.43. The van der Waals surface area contributed by atoms with Gasteiger partial charge in [0.2, 0.25) is 23.6 Å². The normalized spacial score (nSPS) is 13.4. The van der Waals surface area contributed by atoms with Crippen LogP contribution >= 0.6 is 12.6 Å². The second kappa shape index (κ2) is 20.8. The van der Waals surface area contributed by atoms with Gasteiger partial charge in [-0.1, -0.05) is 0 Å². The maximum atomic E-state index is 11.6. The van der Waals surface area contributed by atoms with E-state index in [9.17, 15) is 46.8 Å². The molecule has 43 heavy (non-hydrogen) atoms. The molecule has 0 rings (SSSR count). The third-order valence-electron chi connectivity index (χ3n) is 4.69. The molecular weight excluding hydrogens is 628 g/mol. The topological polar surface area (TPSA) is 372 Å². The predicted octanol–water partition coefficient (Wildman–Crippen LogP) is -5.45. The molecule has 0 aromatic heterocycles. The Kier molecular flexibility index (Phi) is 19.8. The number of carbonyl (C=O) groups is 8. The molecule has 13 N–H and O–H groups in total. The smallest absolute Gasteiger partial charge is 0.322 e. The van der Waals surface area contributed by atoms with Crippen LogP contribution in [-0.2, 0) is 48.5 Å². The molecule has 0 aromatic rings. The molecule has 0 aliphatic carbocycles. The van der Waals surface area contributed by atoms with Crippen LogP contribution in [0.4, 0.5) is 0 Å². The van der Waals surface area contributed by atoms with Gasteiger partial charge in [0.25, 0.3) is 10.1 Å². The van der Waals surface area contributed by atoms with E-state index < -0.39 is 107 Å². The van der Waals surface area contributed by atoms with Gasteiger partial charge in [-0.05, 0) is 12.8 Å². The van der Waals surface area contributed by atoms with E-state index in [4.69, 9.17) is 36.4 Å². The fourth-order valence-electron chi connectivity index (χ4n) is 2.51. The van der Waals surface area contributed by atoms with Crippen molar-refractivity contribution in [3.8, 4) is 0 Å². The molecule has 23 heteroatoms. The van der Waals surface area contributed by atoms with Crippen LogP contribution < -0.4 is 32.7 Å². The van der Waals surface area contributed by atoms with Gasteiger partial charge in [0.15, 0.2) is 0 Å². The highest BCUT2D eigenvalue weighted by Gasteiger charge is 2.27. The molecule has 0 saturated carbocycles. The van der Waals surface area contributed by atoms with E-state index in [0.717, 1.165) is 0 Å². The van der Waals surface area contributed by atoms with Gasteiger partial charge >= 0.3 is 23.9 Å². The van der Waals surface area contributed by atoms with Crippen molar-refractivity contribution in [3.05, 3.63) is 0 Å². The van der Waals surface area contributed by atoms with E-state index in [0.29, 0.717) is 0 Å². The van der Waals surface area contributed by atoms with Crippen molar-refractivity contribution in [2.24, 2.45) is 11.5 Å². The van der Waals surface area contributed by atoms with Gasteiger partial charge in [0.05, 0.1) is 0 Å². The van der Waals surface area contributed by atoms with Crippen molar-refractivity contribution in [1.29, 1.82) is 0 Å². The van der Waals surface area contributed by atoms with E-state index in [1.54, 1.807) is 0 Å². The summed E-state index contributed by atoms with van der Waals surface area (Å²) in [6.45, 7) is -1.39. The van der Waals surface area contributed by atoms with Crippen LogP contribution in [0.15, 0.2) is 0 Å². The Bertz CT molecular complexity index is 1130. The lowest BCUT2D eigenvalue weighted by atomic mass is 10.1. The fraction of sp³-hybridized carbons (Fsp3) is 0.600. The van der Waals surface area contributed by atoms with E-state index in [2.05, 4.69) is 23.3 Å². The average molecular weight is 663 g/mol. The number of hydrogen-bond donors (Lipinski definition) is 12.